The van der Waals surface area contributed by atoms with Crippen LogP contribution in [0.2, 0.25) is 0 Å². The fourth-order valence-electron chi connectivity index (χ4n) is 2.79. The van der Waals surface area contributed by atoms with Crippen LogP contribution in [0.3, 0.4) is 0 Å². The molecule has 1 aromatic heterocycles. The first-order chi connectivity index (χ1) is 10.3. The SMILES string of the molecule is Cc1ncc(CNCc2ccc(N3CCCCC3)cc2)s1. The zero-order chi connectivity index (χ0) is 14.5. The molecule has 0 atom stereocenters. The maximum Gasteiger partial charge on any atom is 0.0897 e. The molecule has 112 valence electrons. The van der Waals surface area contributed by atoms with E-state index in [4.69, 9.17) is 0 Å². The van der Waals surface area contributed by atoms with Gasteiger partial charge in [-0.2, -0.15) is 0 Å². The molecule has 0 saturated carbocycles. The summed E-state index contributed by atoms with van der Waals surface area (Å²) in [6.07, 6.45) is 6.01. The van der Waals surface area contributed by atoms with Gasteiger partial charge in [0.25, 0.3) is 0 Å². The van der Waals surface area contributed by atoms with E-state index in [1.54, 1.807) is 11.3 Å². The van der Waals surface area contributed by atoms with Gasteiger partial charge in [-0.3, -0.25) is 0 Å². The molecule has 4 heteroatoms. The lowest BCUT2D eigenvalue weighted by Gasteiger charge is -2.28. The number of nitrogens with zero attached hydrogens (tertiary/aromatic N) is 2. The number of benzene rings is 1. The van der Waals surface area contributed by atoms with E-state index in [9.17, 15) is 0 Å². The number of aryl methyl sites for hydroxylation is 1. The standard InChI is InChI=1S/C17H23N3S/c1-14-19-13-17(21-14)12-18-11-15-5-7-16(8-6-15)20-9-3-2-4-10-20/h5-8,13,18H,2-4,9-12H2,1H3. The van der Waals surface area contributed by atoms with E-state index in [0.29, 0.717) is 0 Å². The van der Waals surface area contributed by atoms with E-state index in [1.165, 1.54) is 48.5 Å². The molecule has 0 radical (unpaired) electrons. The molecule has 1 fully saturated rings. The smallest absolute Gasteiger partial charge is 0.0897 e. The summed E-state index contributed by atoms with van der Waals surface area (Å²) in [4.78, 5) is 8.08. The molecule has 1 N–H and O–H groups in total. The van der Waals surface area contributed by atoms with Gasteiger partial charge in [-0.25, -0.2) is 4.98 Å². The molecule has 1 aliphatic rings. The number of hydrogen-bond acceptors (Lipinski definition) is 4. The maximum atomic E-state index is 4.28. The normalized spacial score (nSPS) is 15.4. The first-order valence-corrected chi connectivity index (χ1v) is 8.59. The molecular weight excluding hydrogens is 278 g/mol. The summed E-state index contributed by atoms with van der Waals surface area (Å²) in [5.41, 5.74) is 2.72. The highest BCUT2D eigenvalue weighted by molar-refractivity contribution is 7.11. The Labute approximate surface area is 131 Å². The lowest BCUT2D eigenvalue weighted by Crippen LogP contribution is -2.29. The molecule has 3 rings (SSSR count). The highest BCUT2D eigenvalue weighted by Gasteiger charge is 2.10. The number of hydrogen-bond donors (Lipinski definition) is 1. The van der Waals surface area contributed by atoms with Crippen LogP contribution in [0.4, 0.5) is 5.69 Å². The van der Waals surface area contributed by atoms with Crippen molar-refractivity contribution in [2.75, 3.05) is 18.0 Å². The number of nitrogens with one attached hydrogen (secondary N) is 1. The summed E-state index contributed by atoms with van der Waals surface area (Å²) >= 11 is 1.76. The molecule has 0 aliphatic carbocycles. The van der Waals surface area contributed by atoms with Crippen molar-refractivity contribution in [1.29, 1.82) is 0 Å². The number of aromatic nitrogens is 1. The zero-order valence-electron chi connectivity index (χ0n) is 12.6. The topological polar surface area (TPSA) is 28.2 Å². The minimum atomic E-state index is 0.902. The van der Waals surface area contributed by atoms with Crippen molar-refractivity contribution in [3.8, 4) is 0 Å². The van der Waals surface area contributed by atoms with Crippen molar-refractivity contribution in [3.63, 3.8) is 0 Å². The van der Waals surface area contributed by atoms with Crippen molar-refractivity contribution < 1.29 is 0 Å². The summed E-state index contributed by atoms with van der Waals surface area (Å²) in [6.45, 7) is 6.29. The van der Waals surface area contributed by atoms with Gasteiger partial charge >= 0.3 is 0 Å². The summed E-state index contributed by atoms with van der Waals surface area (Å²) < 4.78 is 0. The number of piperidine rings is 1. The second-order valence-corrected chi connectivity index (χ2v) is 6.98. The monoisotopic (exact) mass is 301 g/mol. The number of anilines is 1. The lowest BCUT2D eigenvalue weighted by molar-refractivity contribution is 0.578. The lowest BCUT2D eigenvalue weighted by atomic mass is 10.1. The second-order valence-electron chi connectivity index (χ2n) is 5.66. The molecule has 0 unspecified atom stereocenters. The Morgan fingerprint density at radius 1 is 1.10 bits per heavy atom. The maximum absolute atomic E-state index is 4.28. The van der Waals surface area contributed by atoms with E-state index >= 15 is 0 Å². The van der Waals surface area contributed by atoms with E-state index in [2.05, 4.69) is 39.5 Å². The van der Waals surface area contributed by atoms with Gasteiger partial charge in [0.05, 0.1) is 5.01 Å². The van der Waals surface area contributed by atoms with Crippen molar-refractivity contribution in [2.45, 2.75) is 39.3 Å². The molecule has 1 aromatic carbocycles. The van der Waals surface area contributed by atoms with Gasteiger partial charge in [0.2, 0.25) is 0 Å². The van der Waals surface area contributed by atoms with Crippen LogP contribution in [0.25, 0.3) is 0 Å². The van der Waals surface area contributed by atoms with Gasteiger partial charge in [0, 0.05) is 42.9 Å². The van der Waals surface area contributed by atoms with Crippen LogP contribution in [-0.2, 0) is 13.1 Å². The molecule has 2 aromatic rings. The van der Waals surface area contributed by atoms with Crippen LogP contribution in [0.1, 0.15) is 34.7 Å². The summed E-state index contributed by atoms with van der Waals surface area (Å²) in [5.74, 6) is 0. The van der Waals surface area contributed by atoms with Crippen molar-refractivity contribution >= 4 is 17.0 Å². The minimum absolute atomic E-state index is 0.902. The van der Waals surface area contributed by atoms with Crippen LogP contribution >= 0.6 is 11.3 Å². The molecule has 0 spiro atoms. The zero-order valence-corrected chi connectivity index (χ0v) is 13.5. The third-order valence-electron chi connectivity index (χ3n) is 3.96. The first-order valence-electron chi connectivity index (χ1n) is 7.77. The summed E-state index contributed by atoms with van der Waals surface area (Å²) in [6, 6.07) is 9.02. The van der Waals surface area contributed by atoms with Crippen LogP contribution in [-0.4, -0.2) is 18.1 Å². The third-order valence-corrected chi connectivity index (χ3v) is 4.87. The van der Waals surface area contributed by atoms with Crippen LogP contribution in [0.5, 0.6) is 0 Å². The predicted octanol–water partition coefficient (Wildman–Crippen LogP) is 3.73. The van der Waals surface area contributed by atoms with Crippen molar-refractivity contribution in [1.82, 2.24) is 10.3 Å². The van der Waals surface area contributed by atoms with Crippen molar-refractivity contribution in [3.05, 3.63) is 45.9 Å². The predicted molar refractivity (Wildman–Crippen MR) is 89.9 cm³/mol. The first kappa shape index (κ1) is 14.5. The molecule has 0 amide bonds. The Bertz CT molecular complexity index is 556. The molecule has 1 saturated heterocycles. The van der Waals surface area contributed by atoms with E-state index in [1.807, 2.05) is 13.1 Å². The summed E-state index contributed by atoms with van der Waals surface area (Å²) in [7, 11) is 0. The Morgan fingerprint density at radius 2 is 1.86 bits per heavy atom. The van der Waals surface area contributed by atoms with Crippen LogP contribution < -0.4 is 10.2 Å². The third kappa shape index (κ3) is 4.05. The fraction of sp³-hybridized carbons (Fsp3) is 0.471. The van der Waals surface area contributed by atoms with E-state index in [0.717, 1.165) is 18.1 Å². The Hall–Kier alpha value is -1.39. The molecule has 2 heterocycles. The molecule has 0 bridgehead atoms. The number of thiazole rings is 1. The molecular formula is C17H23N3S. The van der Waals surface area contributed by atoms with Gasteiger partial charge in [0.15, 0.2) is 0 Å². The van der Waals surface area contributed by atoms with E-state index in [-0.39, 0.29) is 0 Å². The van der Waals surface area contributed by atoms with Gasteiger partial charge in [0.1, 0.15) is 0 Å². The van der Waals surface area contributed by atoms with Crippen molar-refractivity contribution in [2.24, 2.45) is 0 Å². The fourth-order valence-corrected chi connectivity index (χ4v) is 3.56. The number of rotatable bonds is 5. The Morgan fingerprint density at radius 3 is 2.52 bits per heavy atom. The average Bonchev–Trinajstić information content (AvgIpc) is 2.94. The van der Waals surface area contributed by atoms with Gasteiger partial charge in [-0.05, 0) is 43.9 Å². The minimum Gasteiger partial charge on any atom is -0.372 e. The second kappa shape index (κ2) is 7.05. The van der Waals surface area contributed by atoms with Crippen LogP contribution in [0.15, 0.2) is 30.5 Å². The molecule has 3 nitrogen and oxygen atoms in total. The highest BCUT2D eigenvalue weighted by Crippen LogP contribution is 2.20. The van der Waals surface area contributed by atoms with Gasteiger partial charge < -0.3 is 10.2 Å². The van der Waals surface area contributed by atoms with Gasteiger partial charge in [-0.1, -0.05) is 12.1 Å². The highest BCUT2D eigenvalue weighted by atomic mass is 32.1. The Kier molecular flexibility index (Phi) is 4.88. The van der Waals surface area contributed by atoms with Gasteiger partial charge in [-0.15, -0.1) is 11.3 Å². The Balaban J connectivity index is 1.49. The summed E-state index contributed by atoms with van der Waals surface area (Å²) in [5, 5.41) is 4.62. The van der Waals surface area contributed by atoms with Crippen LogP contribution in [0, 0.1) is 6.92 Å². The average molecular weight is 301 g/mol. The largest absolute Gasteiger partial charge is 0.372 e. The molecule has 1 aliphatic heterocycles. The molecule has 21 heavy (non-hydrogen) atoms. The quantitative estimate of drug-likeness (QED) is 0.912. The van der Waals surface area contributed by atoms with E-state index < -0.39 is 0 Å².